The average Bonchev–Trinajstić information content (AvgIpc) is 2.95. The molecule has 1 N–H and O–H groups in total. The summed E-state index contributed by atoms with van der Waals surface area (Å²) in [5, 5.41) is 2.92. The van der Waals surface area contributed by atoms with E-state index in [4.69, 9.17) is 4.74 Å². The number of hydrogen-bond acceptors (Lipinski definition) is 2. The zero-order chi connectivity index (χ0) is 15.5. The lowest BCUT2D eigenvalue weighted by Crippen LogP contribution is -2.33. The molecule has 0 radical (unpaired) electrons. The van der Waals surface area contributed by atoms with E-state index in [-0.39, 0.29) is 12.5 Å². The second kappa shape index (κ2) is 5.83. The zero-order valence-electron chi connectivity index (χ0n) is 12.2. The van der Waals surface area contributed by atoms with Crippen molar-refractivity contribution in [1.82, 2.24) is 5.32 Å². The topological polar surface area (TPSA) is 38.3 Å². The van der Waals surface area contributed by atoms with Gasteiger partial charge in [0.05, 0.1) is 0 Å². The molecule has 2 saturated heterocycles. The van der Waals surface area contributed by atoms with E-state index in [1.807, 2.05) is 25.2 Å². The first kappa shape index (κ1) is 14.9. The Labute approximate surface area is 125 Å². The summed E-state index contributed by atoms with van der Waals surface area (Å²) in [5.74, 6) is 0.552. The lowest BCUT2D eigenvalue weighted by Gasteiger charge is -2.20. The Morgan fingerprint density at radius 2 is 1.71 bits per heavy atom. The maximum absolute atomic E-state index is 12.7. The van der Waals surface area contributed by atoms with Gasteiger partial charge in [0, 0.05) is 11.3 Å². The van der Waals surface area contributed by atoms with Crippen LogP contribution in [-0.4, -0.2) is 12.5 Å². The van der Waals surface area contributed by atoms with Gasteiger partial charge in [-0.2, -0.15) is 0 Å². The van der Waals surface area contributed by atoms with Gasteiger partial charge in [-0.15, -0.1) is 0 Å². The van der Waals surface area contributed by atoms with Gasteiger partial charge in [-0.1, -0.05) is 56.2 Å². The van der Waals surface area contributed by atoms with Crippen molar-refractivity contribution in [2.75, 3.05) is 6.61 Å². The summed E-state index contributed by atoms with van der Waals surface area (Å²) < 4.78 is 5.75. The van der Waals surface area contributed by atoms with Gasteiger partial charge >= 0.3 is 0 Å². The summed E-state index contributed by atoms with van der Waals surface area (Å²) >= 11 is 0. The van der Waals surface area contributed by atoms with Gasteiger partial charge in [-0.3, -0.25) is 4.79 Å². The predicted molar refractivity (Wildman–Crippen MR) is 85.1 cm³/mol. The van der Waals surface area contributed by atoms with Crippen molar-refractivity contribution in [3.8, 4) is 0 Å². The van der Waals surface area contributed by atoms with Crippen molar-refractivity contribution < 1.29 is 9.53 Å². The summed E-state index contributed by atoms with van der Waals surface area (Å²) in [5.41, 5.74) is 1.60. The third-order valence-electron chi connectivity index (χ3n) is 3.68. The molecule has 0 unspecified atom stereocenters. The van der Waals surface area contributed by atoms with Crippen LogP contribution in [0.15, 0.2) is 84.9 Å². The van der Waals surface area contributed by atoms with E-state index in [9.17, 15) is 4.79 Å². The average molecular weight is 281 g/mol. The van der Waals surface area contributed by atoms with Crippen LogP contribution in [0, 0.1) is 5.41 Å². The number of nitrogens with one attached hydrogen (secondary N) is 1. The number of amides is 1. The van der Waals surface area contributed by atoms with E-state index in [0.29, 0.717) is 5.76 Å². The van der Waals surface area contributed by atoms with Crippen LogP contribution >= 0.6 is 0 Å². The Balaban J connectivity index is 2.71. The minimum Gasteiger partial charge on any atom is -0.491 e. The largest absolute Gasteiger partial charge is 0.491 e. The van der Waals surface area contributed by atoms with Crippen molar-refractivity contribution >= 4 is 5.91 Å². The second-order valence-corrected chi connectivity index (χ2v) is 4.75. The highest BCUT2D eigenvalue weighted by molar-refractivity contribution is 5.98. The van der Waals surface area contributed by atoms with Crippen LogP contribution in [0.2, 0.25) is 0 Å². The number of hydrogen-bond donors (Lipinski definition) is 1. The molecule has 0 saturated carbocycles. The minimum atomic E-state index is -0.848. The SMILES string of the molecule is C=CC=C1/C(=C\C)NC(=O)[C@@]12COC(=C/C=C)/C2=C\C=C. The van der Waals surface area contributed by atoms with Crippen molar-refractivity contribution in [2.45, 2.75) is 6.92 Å². The molecule has 0 aromatic heterocycles. The van der Waals surface area contributed by atoms with Crippen LogP contribution < -0.4 is 5.32 Å². The van der Waals surface area contributed by atoms with Gasteiger partial charge in [0.15, 0.2) is 0 Å². The molecule has 2 aliphatic rings. The molecule has 0 aromatic carbocycles. The summed E-state index contributed by atoms with van der Waals surface area (Å²) in [6.45, 7) is 13.3. The van der Waals surface area contributed by atoms with E-state index in [2.05, 4.69) is 25.1 Å². The Morgan fingerprint density at radius 1 is 1.10 bits per heavy atom. The molecular weight excluding hydrogens is 262 g/mol. The van der Waals surface area contributed by atoms with E-state index in [0.717, 1.165) is 16.8 Å². The monoisotopic (exact) mass is 281 g/mol. The fourth-order valence-electron chi connectivity index (χ4n) is 2.78. The number of allylic oxidation sites excluding steroid dienone is 9. The second-order valence-electron chi connectivity index (χ2n) is 4.75. The normalized spacial score (nSPS) is 32.0. The maximum Gasteiger partial charge on any atom is 0.243 e. The van der Waals surface area contributed by atoms with Gasteiger partial charge in [0.2, 0.25) is 5.91 Å². The molecule has 3 nitrogen and oxygen atoms in total. The lowest BCUT2D eigenvalue weighted by molar-refractivity contribution is -0.125. The van der Waals surface area contributed by atoms with E-state index >= 15 is 0 Å². The number of carbonyl (C=O) groups is 1. The maximum atomic E-state index is 12.7. The van der Waals surface area contributed by atoms with Gasteiger partial charge in [-0.25, -0.2) is 0 Å². The fourth-order valence-corrected chi connectivity index (χ4v) is 2.78. The van der Waals surface area contributed by atoms with Gasteiger partial charge < -0.3 is 10.1 Å². The van der Waals surface area contributed by atoms with Crippen LogP contribution in [0.1, 0.15) is 6.92 Å². The zero-order valence-corrected chi connectivity index (χ0v) is 12.2. The first-order valence-electron chi connectivity index (χ1n) is 6.76. The Hall–Kier alpha value is -2.55. The van der Waals surface area contributed by atoms with E-state index < -0.39 is 5.41 Å². The molecule has 1 atom stereocenters. The van der Waals surface area contributed by atoms with Crippen LogP contribution in [0.5, 0.6) is 0 Å². The number of rotatable bonds is 3. The molecule has 2 rings (SSSR count). The summed E-state index contributed by atoms with van der Waals surface area (Å²) in [4.78, 5) is 12.7. The molecular formula is C18H19NO2. The van der Waals surface area contributed by atoms with Gasteiger partial charge in [0.1, 0.15) is 17.8 Å². The summed E-state index contributed by atoms with van der Waals surface area (Å²) in [6.07, 6.45) is 12.3. The Bertz CT molecular complexity index is 632. The molecule has 2 fully saturated rings. The van der Waals surface area contributed by atoms with E-state index in [1.54, 1.807) is 24.3 Å². The standard InChI is InChI=1S/C18H19NO2/c1-5-9-13-15(8-4)19-17(20)18(13)12-21-16(11-7-3)14(18)10-6-2/h5-11H,1-3,12H2,4H3,(H,19,20)/b13-9?,14-10+,15-8+,16-11+/t18-/m0/s1. The molecule has 3 heteroatoms. The van der Waals surface area contributed by atoms with Crippen molar-refractivity contribution in [3.05, 3.63) is 84.9 Å². The fraction of sp³-hybridized carbons (Fsp3) is 0.167. The van der Waals surface area contributed by atoms with Gasteiger partial charge in [0.25, 0.3) is 0 Å². The van der Waals surface area contributed by atoms with Crippen LogP contribution in [0.3, 0.4) is 0 Å². The molecule has 2 aliphatic heterocycles. The third-order valence-corrected chi connectivity index (χ3v) is 3.68. The molecule has 1 amide bonds. The smallest absolute Gasteiger partial charge is 0.243 e. The molecule has 108 valence electrons. The quantitative estimate of drug-likeness (QED) is 0.861. The van der Waals surface area contributed by atoms with Crippen LogP contribution in [0.25, 0.3) is 0 Å². The molecule has 2 heterocycles. The highest BCUT2D eigenvalue weighted by Gasteiger charge is 2.56. The van der Waals surface area contributed by atoms with Crippen LogP contribution in [-0.2, 0) is 9.53 Å². The highest BCUT2D eigenvalue weighted by Crippen LogP contribution is 2.51. The minimum absolute atomic E-state index is 0.0933. The molecule has 1 spiro atoms. The first-order valence-corrected chi connectivity index (χ1v) is 6.76. The molecule has 0 bridgehead atoms. The van der Waals surface area contributed by atoms with Crippen molar-refractivity contribution in [3.63, 3.8) is 0 Å². The predicted octanol–water partition coefficient (Wildman–Crippen LogP) is 3.33. The Kier molecular flexibility index (Phi) is 4.13. The Morgan fingerprint density at radius 3 is 2.29 bits per heavy atom. The number of ether oxygens (including phenoxy) is 1. The number of carbonyl (C=O) groups excluding carboxylic acids is 1. The molecule has 0 aliphatic carbocycles. The van der Waals surface area contributed by atoms with Gasteiger partial charge in [-0.05, 0) is 18.6 Å². The first-order chi connectivity index (χ1) is 10.1. The lowest BCUT2D eigenvalue weighted by atomic mass is 9.75. The van der Waals surface area contributed by atoms with E-state index in [1.165, 1.54) is 0 Å². The van der Waals surface area contributed by atoms with Crippen LogP contribution in [0.4, 0.5) is 0 Å². The molecule has 0 aromatic rings. The van der Waals surface area contributed by atoms with Crippen molar-refractivity contribution in [1.29, 1.82) is 0 Å². The highest BCUT2D eigenvalue weighted by atomic mass is 16.5. The molecule has 21 heavy (non-hydrogen) atoms. The summed E-state index contributed by atoms with van der Waals surface area (Å²) in [7, 11) is 0. The summed E-state index contributed by atoms with van der Waals surface area (Å²) in [6, 6.07) is 0. The third kappa shape index (κ3) is 2.11. The van der Waals surface area contributed by atoms with Crippen molar-refractivity contribution in [2.24, 2.45) is 5.41 Å².